The Bertz CT molecular complexity index is 964. The number of likely N-dealkylation sites (tertiary alicyclic amines) is 1. The molecule has 0 aromatic heterocycles. The highest BCUT2D eigenvalue weighted by molar-refractivity contribution is 5.88. The maximum Gasteiger partial charge on any atom is 0.326 e. The van der Waals surface area contributed by atoms with Crippen molar-refractivity contribution < 1.29 is 23.9 Å². The minimum Gasteiger partial charge on any atom is -0.465 e. The predicted molar refractivity (Wildman–Crippen MR) is 139 cm³/mol. The van der Waals surface area contributed by atoms with Crippen LogP contribution in [0.4, 0.5) is 0 Å². The zero-order chi connectivity index (χ0) is 26.1. The molecule has 0 bridgehead atoms. The van der Waals surface area contributed by atoms with Gasteiger partial charge in [-0.3, -0.25) is 19.7 Å². The summed E-state index contributed by atoms with van der Waals surface area (Å²) in [6.07, 6.45) is 10.3. The molecule has 1 aliphatic heterocycles. The van der Waals surface area contributed by atoms with E-state index >= 15 is 0 Å². The summed E-state index contributed by atoms with van der Waals surface area (Å²) in [5, 5.41) is 3.31. The van der Waals surface area contributed by atoms with Crippen LogP contribution in [0.15, 0.2) is 54.3 Å². The van der Waals surface area contributed by atoms with Crippen LogP contribution < -0.4 is 5.32 Å². The molecule has 2 aliphatic rings. The largest absolute Gasteiger partial charge is 0.465 e. The zero-order valence-corrected chi connectivity index (χ0v) is 22.0. The lowest BCUT2D eigenvalue weighted by Crippen LogP contribution is -2.54. The average Bonchev–Trinajstić information content (AvgIpc) is 2.83. The minimum atomic E-state index is -0.646. The molecule has 1 saturated heterocycles. The summed E-state index contributed by atoms with van der Waals surface area (Å²) in [7, 11) is 0. The van der Waals surface area contributed by atoms with Gasteiger partial charge in [-0.2, -0.15) is 0 Å². The molecule has 1 aromatic rings. The first-order valence-corrected chi connectivity index (χ1v) is 13.0. The molecule has 1 aliphatic carbocycles. The summed E-state index contributed by atoms with van der Waals surface area (Å²) < 4.78 is 10.9. The van der Waals surface area contributed by atoms with Gasteiger partial charge in [-0.25, -0.2) is 0 Å². The quantitative estimate of drug-likeness (QED) is 0.513. The second kappa shape index (κ2) is 12.9. The van der Waals surface area contributed by atoms with Gasteiger partial charge in [0.2, 0.25) is 5.91 Å². The number of nitrogens with zero attached hydrogens (tertiary/aromatic N) is 1. The van der Waals surface area contributed by atoms with E-state index in [1.807, 2.05) is 63.3 Å². The molecule has 1 N–H and O–H groups in total. The lowest BCUT2D eigenvalue weighted by Gasteiger charge is -2.37. The zero-order valence-electron chi connectivity index (χ0n) is 22.0. The van der Waals surface area contributed by atoms with Gasteiger partial charge in [0.1, 0.15) is 18.2 Å². The summed E-state index contributed by atoms with van der Waals surface area (Å²) in [5.41, 5.74) is 1.32. The Morgan fingerprint density at radius 3 is 2.61 bits per heavy atom. The van der Waals surface area contributed by atoms with Crippen molar-refractivity contribution in [1.82, 2.24) is 10.2 Å². The number of esters is 2. The molecule has 1 fully saturated rings. The first-order valence-electron chi connectivity index (χ1n) is 13.0. The molecule has 3 atom stereocenters. The molecule has 7 nitrogen and oxygen atoms in total. The van der Waals surface area contributed by atoms with Crippen LogP contribution in [0.1, 0.15) is 65.4 Å². The van der Waals surface area contributed by atoms with Gasteiger partial charge in [-0.1, -0.05) is 48.9 Å². The maximum atomic E-state index is 13.9. The number of fused-ring (bicyclic) bond motifs is 1. The van der Waals surface area contributed by atoms with E-state index in [0.717, 1.165) is 30.5 Å². The summed E-state index contributed by atoms with van der Waals surface area (Å²) in [5.74, 6) is -0.836. The number of nitrogens with one attached hydrogen (secondary N) is 1. The van der Waals surface area contributed by atoms with Crippen LogP contribution in [0.25, 0.3) is 0 Å². The van der Waals surface area contributed by atoms with Gasteiger partial charge in [0.25, 0.3) is 0 Å². The maximum absolute atomic E-state index is 13.9. The molecular weight excluding hydrogens is 456 g/mol. The molecule has 196 valence electrons. The first-order chi connectivity index (χ1) is 17.2. The van der Waals surface area contributed by atoms with Crippen molar-refractivity contribution in [2.75, 3.05) is 13.2 Å². The first kappa shape index (κ1) is 27.7. The van der Waals surface area contributed by atoms with Crippen LogP contribution in [-0.4, -0.2) is 53.6 Å². The van der Waals surface area contributed by atoms with Crippen molar-refractivity contribution in [2.24, 2.45) is 5.92 Å². The van der Waals surface area contributed by atoms with Gasteiger partial charge in [-0.05, 0) is 71.4 Å². The van der Waals surface area contributed by atoms with E-state index in [1.165, 1.54) is 0 Å². The number of hydrogen-bond acceptors (Lipinski definition) is 6. The van der Waals surface area contributed by atoms with Crippen LogP contribution >= 0.6 is 0 Å². The van der Waals surface area contributed by atoms with Crippen molar-refractivity contribution >= 4 is 17.8 Å². The number of allylic oxidation sites excluding steroid dienone is 4. The van der Waals surface area contributed by atoms with Gasteiger partial charge in [0.05, 0.1) is 12.6 Å². The average molecular weight is 497 g/mol. The molecule has 1 amide bonds. The van der Waals surface area contributed by atoms with E-state index in [2.05, 4.69) is 11.4 Å². The Labute approximate surface area is 214 Å². The van der Waals surface area contributed by atoms with Gasteiger partial charge in [0, 0.05) is 11.6 Å². The Morgan fingerprint density at radius 1 is 1.17 bits per heavy atom. The Morgan fingerprint density at radius 2 is 1.92 bits per heavy atom. The van der Waals surface area contributed by atoms with Gasteiger partial charge < -0.3 is 14.4 Å². The van der Waals surface area contributed by atoms with Gasteiger partial charge in [0.15, 0.2) is 0 Å². The Balaban J connectivity index is 1.81. The number of benzene rings is 1. The van der Waals surface area contributed by atoms with E-state index in [0.29, 0.717) is 19.3 Å². The molecule has 1 heterocycles. The van der Waals surface area contributed by atoms with E-state index < -0.39 is 23.7 Å². The third-order valence-corrected chi connectivity index (χ3v) is 6.41. The van der Waals surface area contributed by atoms with Crippen LogP contribution in [0, 0.1) is 5.92 Å². The van der Waals surface area contributed by atoms with Crippen molar-refractivity contribution in [3.8, 4) is 0 Å². The summed E-state index contributed by atoms with van der Waals surface area (Å²) >= 11 is 0. The number of amides is 1. The molecule has 0 radical (unpaired) electrons. The number of carbonyl (C=O) groups excluding carboxylic acids is 3. The normalized spacial score (nSPS) is 21.1. The minimum absolute atomic E-state index is 0.154. The molecule has 3 unspecified atom stereocenters. The highest BCUT2D eigenvalue weighted by Crippen LogP contribution is 2.32. The third-order valence-electron chi connectivity index (χ3n) is 6.41. The van der Waals surface area contributed by atoms with E-state index in [9.17, 15) is 14.4 Å². The molecule has 7 heteroatoms. The number of ether oxygens (including phenoxy) is 2. The molecular formula is C29H40N2O5. The summed E-state index contributed by atoms with van der Waals surface area (Å²) in [6.45, 7) is 7.33. The van der Waals surface area contributed by atoms with Gasteiger partial charge >= 0.3 is 11.9 Å². The standard InChI is InChI=1S/C29H40N2O5/c1-5-35-28(34)24(19-18-21-12-7-6-8-13-21)30-23-16-11-15-22-14-9-10-17-25(22)31(27(23)33)20-26(32)36-29(2,3)4/h6-10,12-13,17,22-24,30H,5,11,14-16,18-20H2,1-4H3. The molecule has 36 heavy (non-hydrogen) atoms. The Kier molecular flexibility index (Phi) is 9.88. The van der Waals surface area contributed by atoms with Gasteiger partial charge in [-0.15, -0.1) is 0 Å². The number of hydrogen-bond donors (Lipinski definition) is 1. The van der Waals surface area contributed by atoms with Crippen molar-refractivity contribution in [3.63, 3.8) is 0 Å². The second-order valence-electron chi connectivity index (χ2n) is 10.4. The fourth-order valence-corrected chi connectivity index (χ4v) is 4.79. The fourth-order valence-electron chi connectivity index (χ4n) is 4.79. The SMILES string of the molecule is CCOC(=O)C(CCc1ccccc1)NC1CCCC2CC=CC=C2N(CC(=O)OC(C)(C)C)C1=O. The van der Waals surface area contributed by atoms with Crippen LogP contribution in [-0.2, 0) is 30.3 Å². The number of aryl methyl sites for hydroxylation is 1. The second-order valence-corrected chi connectivity index (χ2v) is 10.4. The number of rotatable bonds is 9. The summed E-state index contributed by atoms with van der Waals surface area (Å²) in [6, 6.07) is 8.71. The monoisotopic (exact) mass is 496 g/mol. The van der Waals surface area contributed by atoms with E-state index in [-0.39, 0.29) is 30.9 Å². The van der Waals surface area contributed by atoms with Crippen LogP contribution in [0.5, 0.6) is 0 Å². The molecule has 1 aromatic carbocycles. The van der Waals surface area contributed by atoms with Crippen LogP contribution in [0.2, 0.25) is 0 Å². The van der Waals surface area contributed by atoms with Crippen molar-refractivity contribution in [3.05, 3.63) is 59.8 Å². The Hall–Kier alpha value is -2.93. The molecule has 0 saturated carbocycles. The van der Waals surface area contributed by atoms with E-state index in [4.69, 9.17) is 9.47 Å². The molecule has 0 spiro atoms. The lowest BCUT2D eigenvalue weighted by molar-refractivity contribution is -0.159. The van der Waals surface area contributed by atoms with Crippen LogP contribution in [0.3, 0.4) is 0 Å². The highest BCUT2D eigenvalue weighted by atomic mass is 16.6. The fraction of sp³-hybridized carbons (Fsp3) is 0.552. The van der Waals surface area contributed by atoms with Crippen molar-refractivity contribution in [2.45, 2.75) is 83.9 Å². The predicted octanol–water partition coefficient (Wildman–Crippen LogP) is 4.32. The highest BCUT2D eigenvalue weighted by Gasteiger charge is 2.37. The number of carbonyl (C=O) groups is 3. The molecule has 3 rings (SSSR count). The smallest absolute Gasteiger partial charge is 0.326 e. The summed E-state index contributed by atoms with van der Waals surface area (Å²) in [4.78, 5) is 41.1. The lowest BCUT2D eigenvalue weighted by atomic mass is 9.87. The topological polar surface area (TPSA) is 84.9 Å². The van der Waals surface area contributed by atoms with E-state index in [1.54, 1.807) is 11.8 Å². The third kappa shape index (κ3) is 8.05. The van der Waals surface area contributed by atoms with Crippen molar-refractivity contribution in [1.29, 1.82) is 0 Å².